The van der Waals surface area contributed by atoms with Crippen molar-refractivity contribution in [2.24, 2.45) is 7.05 Å². The Bertz CT molecular complexity index is 796. The van der Waals surface area contributed by atoms with Gasteiger partial charge < -0.3 is 8.98 Å². The topological polar surface area (TPSA) is 43.9 Å². The standard InChI is InChI=1S/C16H16ClN3OS/c1-10-12(8-9-21-10)15-18-19-16(20(15)3)22-11(2)13-6-4-5-7-14(13)17/h4-9,11H,1-3H3/t11-/m0/s1. The van der Waals surface area contributed by atoms with Crippen LogP contribution in [0.1, 0.15) is 23.5 Å². The average Bonchev–Trinajstić information content (AvgIpc) is 3.06. The Labute approximate surface area is 138 Å². The number of aryl methyl sites for hydroxylation is 1. The van der Waals surface area contributed by atoms with E-state index in [0.29, 0.717) is 0 Å². The fourth-order valence-corrected chi connectivity index (χ4v) is 3.64. The summed E-state index contributed by atoms with van der Waals surface area (Å²) in [5.41, 5.74) is 2.06. The number of furan rings is 1. The van der Waals surface area contributed by atoms with Gasteiger partial charge >= 0.3 is 0 Å². The number of benzene rings is 1. The van der Waals surface area contributed by atoms with Gasteiger partial charge in [0.1, 0.15) is 5.76 Å². The molecule has 0 aliphatic heterocycles. The third-order valence-corrected chi connectivity index (χ3v) is 5.08. The van der Waals surface area contributed by atoms with Crippen molar-refractivity contribution in [1.29, 1.82) is 0 Å². The highest BCUT2D eigenvalue weighted by Crippen LogP contribution is 2.37. The normalized spacial score (nSPS) is 12.5. The van der Waals surface area contributed by atoms with Crippen molar-refractivity contribution in [3.8, 4) is 11.4 Å². The molecule has 3 aromatic rings. The van der Waals surface area contributed by atoms with E-state index in [1.807, 2.05) is 48.9 Å². The van der Waals surface area contributed by atoms with E-state index in [1.54, 1.807) is 18.0 Å². The molecule has 0 saturated heterocycles. The number of nitrogens with zero attached hydrogens (tertiary/aromatic N) is 3. The fourth-order valence-electron chi connectivity index (χ4n) is 2.30. The molecule has 0 saturated carbocycles. The van der Waals surface area contributed by atoms with Gasteiger partial charge in [-0.05, 0) is 31.5 Å². The molecule has 114 valence electrons. The first-order valence-electron chi connectivity index (χ1n) is 6.93. The number of halogens is 1. The summed E-state index contributed by atoms with van der Waals surface area (Å²) in [5, 5.41) is 10.4. The second-order valence-corrected chi connectivity index (χ2v) is 6.75. The number of thioether (sulfide) groups is 1. The van der Waals surface area contributed by atoms with Crippen LogP contribution in [0.4, 0.5) is 0 Å². The molecule has 0 fully saturated rings. The van der Waals surface area contributed by atoms with E-state index in [2.05, 4.69) is 17.1 Å². The maximum Gasteiger partial charge on any atom is 0.191 e. The van der Waals surface area contributed by atoms with Gasteiger partial charge in [0.2, 0.25) is 0 Å². The zero-order valence-electron chi connectivity index (χ0n) is 12.6. The number of rotatable bonds is 4. The predicted octanol–water partition coefficient (Wildman–Crippen LogP) is 4.89. The highest BCUT2D eigenvalue weighted by molar-refractivity contribution is 7.99. The van der Waals surface area contributed by atoms with Crippen molar-refractivity contribution in [3.63, 3.8) is 0 Å². The summed E-state index contributed by atoms with van der Waals surface area (Å²) in [7, 11) is 1.96. The van der Waals surface area contributed by atoms with E-state index >= 15 is 0 Å². The Kier molecular flexibility index (Phi) is 4.27. The van der Waals surface area contributed by atoms with E-state index in [1.165, 1.54) is 0 Å². The second kappa shape index (κ2) is 6.18. The van der Waals surface area contributed by atoms with Gasteiger partial charge in [-0.25, -0.2) is 0 Å². The van der Waals surface area contributed by atoms with Crippen molar-refractivity contribution < 1.29 is 4.42 Å². The second-order valence-electron chi connectivity index (χ2n) is 5.04. The first-order valence-corrected chi connectivity index (χ1v) is 8.18. The van der Waals surface area contributed by atoms with Crippen LogP contribution in [-0.2, 0) is 7.05 Å². The Morgan fingerprint density at radius 3 is 2.68 bits per heavy atom. The van der Waals surface area contributed by atoms with Crippen LogP contribution in [-0.4, -0.2) is 14.8 Å². The molecule has 1 aromatic carbocycles. The van der Waals surface area contributed by atoms with Gasteiger partial charge in [-0.2, -0.15) is 0 Å². The van der Waals surface area contributed by atoms with Crippen LogP contribution in [0.3, 0.4) is 0 Å². The van der Waals surface area contributed by atoms with E-state index in [-0.39, 0.29) is 5.25 Å². The van der Waals surface area contributed by atoms with Crippen molar-refractivity contribution in [2.45, 2.75) is 24.3 Å². The lowest BCUT2D eigenvalue weighted by atomic mass is 10.2. The molecule has 6 heteroatoms. The van der Waals surface area contributed by atoms with Crippen LogP contribution in [0.25, 0.3) is 11.4 Å². The molecule has 0 spiro atoms. The third kappa shape index (κ3) is 2.78. The molecule has 2 heterocycles. The summed E-state index contributed by atoms with van der Waals surface area (Å²) in [5.74, 6) is 1.64. The van der Waals surface area contributed by atoms with Crippen molar-refractivity contribution in [3.05, 3.63) is 52.9 Å². The SMILES string of the molecule is Cc1occc1-c1nnc(S[C@@H](C)c2ccccc2Cl)n1C. The Morgan fingerprint density at radius 2 is 2.00 bits per heavy atom. The molecule has 22 heavy (non-hydrogen) atoms. The van der Waals surface area contributed by atoms with E-state index in [0.717, 1.165) is 32.9 Å². The van der Waals surface area contributed by atoms with Crippen LogP contribution < -0.4 is 0 Å². The fraction of sp³-hybridized carbons (Fsp3) is 0.250. The van der Waals surface area contributed by atoms with Gasteiger partial charge in [0, 0.05) is 17.3 Å². The minimum absolute atomic E-state index is 0.190. The molecule has 0 aliphatic rings. The van der Waals surface area contributed by atoms with Crippen molar-refractivity contribution in [2.75, 3.05) is 0 Å². The maximum atomic E-state index is 6.26. The summed E-state index contributed by atoms with van der Waals surface area (Å²) in [6, 6.07) is 9.79. The average molecular weight is 334 g/mol. The van der Waals surface area contributed by atoms with Gasteiger partial charge in [0.15, 0.2) is 11.0 Å². The molecule has 0 amide bonds. The quantitative estimate of drug-likeness (QED) is 0.637. The van der Waals surface area contributed by atoms with Crippen molar-refractivity contribution in [1.82, 2.24) is 14.8 Å². The summed E-state index contributed by atoms with van der Waals surface area (Å²) >= 11 is 7.90. The first-order chi connectivity index (χ1) is 10.6. The smallest absolute Gasteiger partial charge is 0.191 e. The largest absolute Gasteiger partial charge is 0.469 e. The lowest BCUT2D eigenvalue weighted by Crippen LogP contribution is -1.97. The van der Waals surface area contributed by atoms with E-state index in [9.17, 15) is 0 Å². The zero-order chi connectivity index (χ0) is 15.7. The van der Waals surface area contributed by atoms with Crippen LogP contribution >= 0.6 is 23.4 Å². The Balaban J connectivity index is 1.87. The molecule has 1 atom stereocenters. The molecule has 0 radical (unpaired) electrons. The lowest BCUT2D eigenvalue weighted by molar-refractivity contribution is 0.534. The van der Waals surface area contributed by atoms with Crippen molar-refractivity contribution >= 4 is 23.4 Å². The zero-order valence-corrected chi connectivity index (χ0v) is 14.1. The molecule has 2 aromatic heterocycles. The lowest BCUT2D eigenvalue weighted by Gasteiger charge is -2.12. The predicted molar refractivity (Wildman–Crippen MR) is 89.2 cm³/mol. The molecule has 0 bridgehead atoms. The number of hydrogen-bond acceptors (Lipinski definition) is 4. The molecular weight excluding hydrogens is 318 g/mol. The van der Waals surface area contributed by atoms with Crippen LogP contribution in [0.15, 0.2) is 46.2 Å². The molecule has 0 N–H and O–H groups in total. The monoisotopic (exact) mass is 333 g/mol. The Hall–Kier alpha value is -1.72. The van der Waals surface area contributed by atoms with Gasteiger partial charge in [-0.15, -0.1) is 10.2 Å². The highest BCUT2D eigenvalue weighted by atomic mass is 35.5. The van der Waals surface area contributed by atoms with Gasteiger partial charge in [0.05, 0.1) is 11.8 Å². The number of hydrogen-bond donors (Lipinski definition) is 0. The molecular formula is C16H16ClN3OS. The summed E-state index contributed by atoms with van der Waals surface area (Å²) in [6.45, 7) is 4.03. The minimum atomic E-state index is 0.190. The molecule has 0 aliphatic carbocycles. The first kappa shape index (κ1) is 15.2. The molecule has 0 unspecified atom stereocenters. The van der Waals surface area contributed by atoms with Gasteiger partial charge in [-0.1, -0.05) is 41.6 Å². The maximum absolute atomic E-state index is 6.26. The minimum Gasteiger partial charge on any atom is -0.469 e. The summed E-state index contributed by atoms with van der Waals surface area (Å²) in [4.78, 5) is 0. The third-order valence-electron chi connectivity index (χ3n) is 3.56. The molecule has 4 nitrogen and oxygen atoms in total. The van der Waals surface area contributed by atoms with Crippen LogP contribution in [0.5, 0.6) is 0 Å². The van der Waals surface area contributed by atoms with Crippen LogP contribution in [0, 0.1) is 6.92 Å². The van der Waals surface area contributed by atoms with E-state index < -0.39 is 0 Å². The summed E-state index contributed by atoms with van der Waals surface area (Å²) < 4.78 is 7.33. The van der Waals surface area contributed by atoms with Gasteiger partial charge in [-0.3, -0.25) is 0 Å². The van der Waals surface area contributed by atoms with Crippen LogP contribution in [0.2, 0.25) is 5.02 Å². The molecule has 3 rings (SSSR count). The van der Waals surface area contributed by atoms with E-state index in [4.69, 9.17) is 16.0 Å². The van der Waals surface area contributed by atoms with Gasteiger partial charge in [0.25, 0.3) is 0 Å². The summed E-state index contributed by atoms with van der Waals surface area (Å²) in [6.07, 6.45) is 1.67. The Morgan fingerprint density at radius 1 is 1.23 bits per heavy atom. The number of aromatic nitrogens is 3. The highest BCUT2D eigenvalue weighted by Gasteiger charge is 2.18.